The number of hydrogen-bond donors (Lipinski definition) is 3. The first-order valence-electron chi connectivity index (χ1n) is 4.29. The molecule has 4 nitrogen and oxygen atoms in total. The Bertz CT molecular complexity index is 165. The maximum Gasteiger partial charge on any atom is 0.0634 e. The second-order valence-corrected chi connectivity index (χ2v) is 3.41. The summed E-state index contributed by atoms with van der Waals surface area (Å²) in [5, 5.41) is 0. The van der Waals surface area contributed by atoms with Gasteiger partial charge in [0, 0.05) is 13.1 Å². The van der Waals surface area contributed by atoms with Crippen molar-refractivity contribution in [1.82, 2.24) is 4.90 Å². The maximum atomic E-state index is 5.94. The fourth-order valence-corrected chi connectivity index (χ4v) is 0.921. The topological polar surface area (TPSA) is 81.3 Å². The normalized spacial score (nSPS) is 13.5. The Hall–Kier alpha value is -1.00. The summed E-state index contributed by atoms with van der Waals surface area (Å²) in [7, 11) is 0. The molecule has 0 unspecified atom stereocenters. The fourth-order valence-electron chi connectivity index (χ4n) is 0.921. The van der Waals surface area contributed by atoms with Gasteiger partial charge in [-0.2, -0.15) is 0 Å². The molecule has 4 heteroatoms. The molecule has 0 aromatic carbocycles. The van der Waals surface area contributed by atoms with Crippen LogP contribution in [0.4, 0.5) is 0 Å². The van der Waals surface area contributed by atoms with Crippen LogP contribution in [0.25, 0.3) is 0 Å². The highest BCUT2D eigenvalue weighted by Crippen LogP contribution is 2.06. The molecule has 0 aromatic heterocycles. The van der Waals surface area contributed by atoms with Crippen LogP contribution >= 0.6 is 0 Å². The molecule has 6 N–H and O–H groups in total. The minimum Gasteiger partial charge on any atom is -0.405 e. The molecule has 0 fully saturated rings. The Morgan fingerprint density at radius 2 is 1.46 bits per heavy atom. The van der Waals surface area contributed by atoms with Crippen LogP contribution in [0.1, 0.15) is 13.8 Å². The van der Waals surface area contributed by atoms with Gasteiger partial charge in [0.15, 0.2) is 0 Å². The van der Waals surface area contributed by atoms with Crippen molar-refractivity contribution in [2.75, 3.05) is 13.1 Å². The maximum absolute atomic E-state index is 5.94. The molecule has 0 aliphatic carbocycles. The number of rotatable bonds is 5. The third-order valence-corrected chi connectivity index (χ3v) is 1.74. The van der Waals surface area contributed by atoms with Crippen LogP contribution in [0.15, 0.2) is 24.6 Å². The number of nitrogens with two attached hydrogens (primary N) is 3. The van der Waals surface area contributed by atoms with Crippen molar-refractivity contribution in [3.63, 3.8) is 0 Å². The van der Waals surface area contributed by atoms with Gasteiger partial charge < -0.3 is 17.2 Å². The quantitative estimate of drug-likeness (QED) is 0.522. The molecule has 0 saturated heterocycles. The molecule has 76 valence electrons. The van der Waals surface area contributed by atoms with E-state index in [0.29, 0.717) is 0 Å². The lowest BCUT2D eigenvalue weighted by atomic mass is 10.2. The first kappa shape index (κ1) is 12.0. The van der Waals surface area contributed by atoms with E-state index in [1.165, 1.54) is 12.4 Å². The summed E-state index contributed by atoms with van der Waals surface area (Å²) in [5.41, 5.74) is 16.1. The molecule has 0 aromatic rings. The Morgan fingerprint density at radius 3 is 1.69 bits per heavy atom. The largest absolute Gasteiger partial charge is 0.405 e. The van der Waals surface area contributed by atoms with E-state index in [9.17, 15) is 0 Å². The summed E-state index contributed by atoms with van der Waals surface area (Å²) < 4.78 is 0. The van der Waals surface area contributed by atoms with Gasteiger partial charge in [0.25, 0.3) is 0 Å². The van der Waals surface area contributed by atoms with E-state index < -0.39 is 0 Å². The van der Waals surface area contributed by atoms with Crippen LogP contribution in [-0.4, -0.2) is 23.7 Å². The molecular formula is C9H20N4. The summed E-state index contributed by atoms with van der Waals surface area (Å²) in [4.78, 5) is 2.06. The fraction of sp³-hybridized carbons (Fsp3) is 0.556. The number of hydrogen-bond acceptors (Lipinski definition) is 4. The molecule has 0 radical (unpaired) electrons. The molecule has 0 amide bonds. The lowest BCUT2D eigenvalue weighted by molar-refractivity contribution is 0.160. The molecule has 0 aliphatic rings. The summed E-state index contributed by atoms with van der Waals surface area (Å²) in [5.74, 6) is 0. The van der Waals surface area contributed by atoms with Crippen molar-refractivity contribution in [3.8, 4) is 0 Å². The van der Waals surface area contributed by atoms with Crippen LogP contribution in [0.3, 0.4) is 0 Å². The standard InChI is InChI=1S/C9H20N4/c1-9(2,12)13(7-3-5-10)8-4-6-11/h3-6H,7-8,10-12H2,1-2H3. The van der Waals surface area contributed by atoms with Crippen LogP contribution in [-0.2, 0) is 0 Å². The first-order chi connectivity index (χ1) is 6.02. The van der Waals surface area contributed by atoms with Gasteiger partial charge in [-0.3, -0.25) is 4.90 Å². The minimum absolute atomic E-state index is 0.362. The predicted octanol–water partition coefficient (Wildman–Crippen LogP) is -0.0720. The van der Waals surface area contributed by atoms with E-state index in [-0.39, 0.29) is 5.66 Å². The van der Waals surface area contributed by atoms with E-state index in [4.69, 9.17) is 17.2 Å². The van der Waals surface area contributed by atoms with Gasteiger partial charge in [-0.1, -0.05) is 12.2 Å². The third-order valence-electron chi connectivity index (χ3n) is 1.74. The summed E-state index contributed by atoms with van der Waals surface area (Å²) >= 11 is 0. The zero-order valence-corrected chi connectivity index (χ0v) is 8.40. The summed E-state index contributed by atoms with van der Waals surface area (Å²) in [6, 6.07) is 0. The van der Waals surface area contributed by atoms with E-state index in [2.05, 4.69) is 4.90 Å². The van der Waals surface area contributed by atoms with Crippen LogP contribution in [0.5, 0.6) is 0 Å². The Labute approximate surface area is 80.1 Å². The zero-order chi connectivity index (χ0) is 10.3. The molecule has 0 heterocycles. The van der Waals surface area contributed by atoms with E-state index in [1.54, 1.807) is 0 Å². The van der Waals surface area contributed by atoms with Crippen molar-refractivity contribution in [2.24, 2.45) is 17.2 Å². The van der Waals surface area contributed by atoms with E-state index >= 15 is 0 Å². The smallest absolute Gasteiger partial charge is 0.0634 e. The average molecular weight is 184 g/mol. The second-order valence-electron chi connectivity index (χ2n) is 3.41. The van der Waals surface area contributed by atoms with Crippen molar-refractivity contribution >= 4 is 0 Å². The number of nitrogens with zero attached hydrogens (tertiary/aromatic N) is 1. The molecular weight excluding hydrogens is 164 g/mol. The molecule has 0 saturated carbocycles. The average Bonchev–Trinajstić information content (AvgIpc) is 2.02. The van der Waals surface area contributed by atoms with Gasteiger partial charge >= 0.3 is 0 Å². The van der Waals surface area contributed by atoms with Gasteiger partial charge in [-0.25, -0.2) is 0 Å². The Morgan fingerprint density at radius 1 is 1.08 bits per heavy atom. The zero-order valence-electron chi connectivity index (χ0n) is 8.40. The summed E-state index contributed by atoms with van der Waals surface area (Å²) in [6.07, 6.45) is 6.76. The highest BCUT2D eigenvalue weighted by atomic mass is 15.3. The monoisotopic (exact) mass is 184 g/mol. The highest BCUT2D eigenvalue weighted by molar-refractivity contribution is 4.90. The van der Waals surface area contributed by atoms with Crippen LogP contribution < -0.4 is 17.2 Å². The minimum atomic E-state index is -0.362. The first-order valence-corrected chi connectivity index (χ1v) is 4.29. The molecule has 0 bridgehead atoms. The van der Waals surface area contributed by atoms with Gasteiger partial charge in [0.2, 0.25) is 0 Å². The highest BCUT2D eigenvalue weighted by Gasteiger charge is 2.18. The van der Waals surface area contributed by atoms with Crippen molar-refractivity contribution in [3.05, 3.63) is 24.6 Å². The molecule has 0 spiro atoms. The van der Waals surface area contributed by atoms with Crippen molar-refractivity contribution < 1.29 is 0 Å². The van der Waals surface area contributed by atoms with Gasteiger partial charge in [-0.05, 0) is 26.2 Å². The van der Waals surface area contributed by atoms with Gasteiger partial charge in [0.05, 0.1) is 5.66 Å². The Balaban J connectivity index is 4.19. The SMILES string of the molecule is CC(C)(N)N(CC=CN)CC=CN. The molecule has 0 atom stereocenters. The van der Waals surface area contributed by atoms with Crippen molar-refractivity contribution in [2.45, 2.75) is 19.5 Å². The van der Waals surface area contributed by atoms with Crippen molar-refractivity contribution in [1.29, 1.82) is 0 Å². The van der Waals surface area contributed by atoms with Crippen LogP contribution in [0.2, 0.25) is 0 Å². The second kappa shape index (κ2) is 5.61. The summed E-state index contributed by atoms with van der Waals surface area (Å²) in [6.45, 7) is 5.35. The van der Waals surface area contributed by atoms with Gasteiger partial charge in [0.1, 0.15) is 0 Å². The van der Waals surface area contributed by atoms with E-state index in [1.807, 2.05) is 26.0 Å². The van der Waals surface area contributed by atoms with Gasteiger partial charge in [-0.15, -0.1) is 0 Å². The third kappa shape index (κ3) is 5.27. The predicted molar refractivity (Wildman–Crippen MR) is 56.5 cm³/mol. The molecule has 0 aliphatic heterocycles. The lowest BCUT2D eigenvalue weighted by Crippen LogP contribution is -2.51. The molecule has 0 rings (SSSR count). The Kier molecular flexibility index (Phi) is 5.18. The lowest BCUT2D eigenvalue weighted by Gasteiger charge is -2.33. The molecule has 13 heavy (non-hydrogen) atoms. The van der Waals surface area contributed by atoms with Crippen LogP contribution in [0, 0.1) is 0 Å². The van der Waals surface area contributed by atoms with E-state index in [0.717, 1.165) is 13.1 Å².